The Morgan fingerprint density at radius 2 is 1.62 bits per heavy atom. The lowest BCUT2D eigenvalue weighted by atomic mass is 9.73. The van der Waals surface area contributed by atoms with E-state index in [1.807, 2.05) is 60.7 Å². The zero-order valence-corrected chi connectivity index (χ0v) is 16.9. The van der Waals surface area contributed by atoms with Gasteiger partial charge in [-0.25, -0.2) is 0 Å². The summed E-state index contributed by atoms with van der Waals surface area (Å²) in [6.45, 7) is 4.16. The van der Waals surface area contributed by atoms with E-state index < -0.39 is 0 Å². The average Bonchev–Trinajstić information content (AvgIpc) is 2.68. The van der Waals surface area contributed by atoms with Gasteiger partial charge in [0.1, 0.15) is 5.76 Å². The second-order valence-corrected chi connectivity index (χ2v) is 8.48. The molecular weight excluding hydrogens is 358 g/mol. The van der Waals surface area contributed by atoms with Crippen LogP contribution in [0.3, 0.4) is 0 Å². The van der Waals surface area contributed by atoms with Crippen LogP contribution >= 0.6 is 0 Å². The third-order valence-corrected chi connectivity index (χ3v) is 5.38. The Kier molecular flexibility index (Phi) is 5.06. The molecular formula is C26H25NO2. The molecule has 146 valence electrons. The van der Waals surface area contributed by atoms with Crippen LogP contribution in [-0.4, -0.2) is 16.6 Å². The predicted molar refractivity (Wildman–Crippen MR) is 119 cm³/mol. The van der Waals surface area contributed by atoms with Gasteiger partial charge in [0, 0.05) is 18.2 Å². The largest absolute Gasteiger partial charge is 0.511 e. The molecule has 0 heterocycles. The summed E-state index contributed by atoms with van der Waals surface area (Å²) in [4.78, 5) is 17.9. The standard InChI is InChI=1S/C26H25NO2/c1-26(2)16-22(27-21-14-8-12-19-11-6-7-13-20(19)21)25(24(29)17-26)23(28)15-18-9-4-3-5-10-18/h3-14,28H,15-17H2,1-2H3/b25-23+,27-22?. The van der Waals surface area contributed by atoms with Crippen molar-refractivity contribution >= 4 is 28.0 Å². The highest BCUT2D eigenvalue weighted by Gasteiger charge is 2.36. The van der Waals surface area contributed by atoms with E-state index in [9.17, 15) is 9.90 Å². The summed E-state index contributed by atoms with van der Waals surface area (Å²) in [5.74, 6) is 0.0735. The summed E-state index contributed by atoms with van der Waals surface area (Å²) in [5, 5.41) is 13.1. The summed E-state index contributed by atoms with van der Waals surface area (Å²) in [6.07, 6.45) is 1.39. The van der Waals surface area contributed by atoms with E-state index in [1.165, 1.54) is 0 Å². The van der Waals surface area contributed by atoms with Gasteiger partial charge in [-0.1, -0.05) is 80.6 Å². The van der Waals surface area contributed by atoms with Crippen LogP contribution in [0.4, 0.5) is 5.69 Å². The molecule has 0 aromatic heterocycles. The van der Waals surface area contributed by atoms with E-state index in [0.717, 1.165) is 22.0 Å². The molecule has 4 rings (SSSR count). The number of fused-ring (bicyclic) bond motifs is 1. The number of carbonyl (C=O) groups is 1. The SMILES string of the molecule is CC1(C)CC(=O)/C(=C(/O)Cc2ccccc2)C(=Nc2cccc3ccccc23)C1. The van der Waals surface area contributed by atoms with Gasteiger partial charge in [0.25, 0.3) is 0 Å². The second-order valence-electron chi connectivity index (χ2n) is 8.48. The highest BCUT2D eigenvalue weighted by Crippen LogP contribution is 2.37. The number of benzene rings is 3. The molecule has 3 aromatic rings. The van der Waals surface area contributed by atoms with Crippen molar-refractivity contribution in [2.75, 3.05) is 0 Å². The molecule has 1 N–H and O–H groups in total. The third kappa shape index (κ3) is 4.14. The van der Waals surface area contributed by atoms with E-state index in [1.54, 1.807) is 0 Å². The third-order valence-electron chi connectivity index (χ3n) is 5.38. The zero-order valence-electron chi connectivity index (χ0n) is 16.9. The van der Waals surface area contributed by atoms with Crippen molar-refractivity contribution in [2.45, 2.75) is 33.1 Å². The number of hydrogen-bond acceptors (Lipinski definition) is 3. The fourth-order valence-electron chi connectivity index (χ4n) is 4.04. The Bertz CT molecular complexity index is 1120. The van der Waals surface area contributed by atoms with Crippen molar-refractivity contribution in [1.82, 2.24) is 0 Å². The molecule has 0 bridgehead atoms. The van der Waals surface area contributed by atoms with Gasteiger partial charge in [-0.3, -0.25) is 9.79 Å². The molecule has 1 saturated carbocycles. The molecule has 0 aliphatic heterocycles. The molecule has 0 amide bonds. The minimum Gasteiger partial charge on any atom is -0.511 e. The molecule has 0 atom stereocenters. The quantitative estimate of drug-likeness (QED) is 0.423. The second kappa shape index (κ2) is 7.67. The molecule has 0 spiro atoms. The van der Waals surface area contributed by atoms with E-state index in [2.05, 4.69) is 26.0 Å². The summed E-state index contributed by atoms with van der Waals surface area (Å²) in [6, 6.07) is 23.8. The van der Waals surface area contributed by atoms with Gasteiger partial charge in [-0.05, 0) is 28.9 Å². The maximum atomic E-state index is 13.0. The van der Waals surface area contributed by atoms with Gasteiger partial charge >= 0.3 is 0 Å². The zero-order chi connectivity index (χ0) is 20.4. The Labute approximate surface area is 171 Å². The lowest BCUT2D eigenvalue weighted by molar-refractivity contribution is -0.117. The number of Topliss-reactive ketones (excluding diaryl/α,β-unsaturated/α-hetero) is 1. The van der Waals surface area contributed by atoms with Crippen molar-refractivity contribution in [3.63, 3.8) is 0 Å². The highest BCUT2D eigenvalue weighted by atomic mass is 16.3. The van der Waals surface area contributed by atoms with Gasteiger partial charge < -0.3 is 5.11 Å². The van der Waals surface area contributed by atoms with Crippen LogP contribution in [0, 0.1) is 5.41 Å². The molecule has 3 heteroatoms. The Balaban J connectivity index is 1.83. The first-order valence-corrected chi connectivity index (χ1v) is 9.98. The van der Waals surface area contributed by atoms with Crippen LogP contribution in [0.1, 0.15) is 32.3 Å². The minimum absolute atomic E-state index is 0.0336. The smallest absolute Gasteiger partial charge is 0.168 e. The molecule has 0 radical (unpaired) electrons. The topological polar surface area (TPSA) is 49.7 Å². The summed E-state index contributed by atoms with van der Waals surface area (Å²) >= 11 is 0. The first-order valence-electron chi connectivity index (χ1n) is 9.98. The lowest BCUT2D eigenvalue weighted by Crippen LogP contribution is -2.32. The average molecular weight is 383 g/mol. The molecule has 3 aromatic carbocycles. The molecule has 0 saturated heterocycles. The number of aliphatic imine (C=N–C) groups is 1. The summed E-state index contributed by atoms with van der Waals surface area (Å²) in [7, 11) is 0. The van der Waals surface area contributed by atoms with Crippen molar-refractivity contribution in [2.24, 2.45) is 10.4 Å². The molecule has 1 aliphatic rings. The van der Waals surface area contributed by atoms with Crippen LogP contribution in [0.5, 0.6) is 0 Å². The van der Waals surface area contributed by atoms with Crippen LogP contribution in [0.2, 0.25) is 0 Å². The van der Waals surface area contributed by atoms with Crippen molar-refractivity contribution in [3.05, 3.63) is 89.7 Å². The first-order chi connectivity index (χ1) is 13.9. The van der Waals surface area contributed by atoms with Crippen LogP contribution in [0.15, 0.2) is 89.1 Å². The molecule has 29 heavy (non-hydrogen) atoms. The molecule has 1 fully saturated rings. The number of aliphatic hydroxyl groups is 1. The monoisotopic (exact) mass is 383 g/mol. The maximum absolute atomic E-state index is 13.0. The van der Waals surface area contributed by atoms with Crippen molar-refractivity contribution in [1.29, 1.82) is 0 Å². The Morgan fingerprint density at radius 3 is 2.41 bits per heavy atom. The number of aliphatic hydroxyl groups excluding tert-OH is 1. The van der Waals surface area contributed by atoms with Gasteiger partial charge in [0.05, 0.1) is 17.0 Å². The van der Waals surface area contributed by atoms with Gasteiger partial charge in [-0.2, -0.15) is 0 Å². The van der Waals surface area contributed by atoms with E-state index in [0.29, 0.717) is 30.5 Å². The van der Waals surface area contributed by atoms with E-state index in [4.69, 9.17) is 4.99 Å². The number of allylic oxidation sites excluding steroid dienone is 2. The highest BCUT2D eigenvalue weighted by molar-refractivity contribution is 6.25. The van der Waals surface area contributed by atoms with E-state index in [-0.39, 0.29) is 17.0 Å². The van der Waals surface area contributed by atoms with E-state index >= 15 is 0 Å². The fraction of sp³-hybridized carbons (Fsp3) is 0.231. The van der Waals surface area contributed by atoms with Crippen molar-refractivity contribution in [3.8, 4) is 0 Å². The van der Waals surface area contributed by atoms with Gasteiger partial charge in [0.15, 0.2) is 5.78 Å². The van der Waals surface area contributed by atoms with Gasteiger partial charge in [0.2, 0.25) is 0 Å². The summed E-state index contributed by atoms with van der Waals surface area (Å²) < 4.78 is 0. The fourth-order valence-corrected chi connectivity index (χ4v) is 4.04. The number of hydrogen-bond donors (Lipinski definition) is 1. The van der Waals surface area contributed by atoms with Crippen molar-refractivity contribution < 1.29 is 9.90 Å². The Morgan fingerprint density at radius 1 is 0.931 bits per heavy atom. The summed E-state index contributed by atoms with van der Waals surface area (Å²) in [5.41, 5.74) is 2.68. The number of nitrogens with zero attached hydrogens (tertiary/aromatic N) is 1. The number of ketones is 1. The first kappa shape index (κ1) is 19.1. The van der Waals surface area contributed by atoms with Gasteiger partial charge in [-0.15, -0.1) is 0 Å². The lowest BCUT2D eigenvalue weighted by Gasteiger charge is -2.31. The minimum atomic E-state index is -0.184. The molecule has 3 nitrogen and oxygen atoms in total. The molecule has 0 unspecified atom stereocenters. The maximum Gasteiger partial charge on any atom is 0.168 e. The number of rotatable bonds is 3. The molecule has 1 aliphatic carbocycles. The predicted octanol–water partition coefficient (Wildman–Crippen LogP) is 6.36. The van der Waals surface area contributed by atoms with Crippen LogP contribution < -0.4 is 0 Å². The Hall–Kier alpha value is -3.20. The van der Waals surface area contributed by atoms with Crippen LogP contribution in [-0.2, 0) is 11.2 Å². The normalized spacial score (nSPS) is 19.5. The number of carbonyl (C=O) groups excluding carboxylic acids is 1. The van der Waals surface area contributed by atoms with Crippen LogP contribution in [0.25, 0.3) is 10.8 Å².